The maximum absolute atomic E-state index is 12.6. The van der Waals surface area contributed by atoms with Gasteiger partial charge in [0.15, 0.2) is 0 Å². The minimum Gasteiger partial charge on any atom is -0.326 e. The first-order chi connectivity index (χ1) is 16.3. The summed E-state index contributed by atoms with van der Waals surface area (Å²) in [5.74, 6) is -0.534. The van der Waals surface area contributed by atoms with Gasteiger partial charge in [-0.2, -0.15) is 0 Å². The monoisotopic (exact) mass is 477 g/mol. The molecule has 34 heavy (non-hydrogen) atoms. The van der Waals surface area contributed by atoms with Crippen LogP contribution in [0.3, 0.4) is 0 Å². The van der Waals surface area contributed by atoms with Gasteiger partial charge in [-0.15, -0.1) is 10.2 Å². The Morgan fingerprint density at radius 2 is 1.76 bits per heavy atom. The topological polar surface area (TPSA) is 104 Å². The molecule has 0 bridgehead atoms. The molecule has 3 aromatic rings. The molecule has 0 saturated carbocycles. The molecule has 176 valence electrons. The molecule has 4 rings (SSSR count). The summed E-state index contributed by atoms with van der Waals surface area (Å²) >= 11 is 1.28. The molecule has 0 unspecified atom stereocenters. The van der Waals surface area contributed by atoms with Crippen LogP contribution in [0.5, 0.6) is 0 Å². The first-order valence-electron chi connectivity index (χ1n) is 11.3. The number of aromatic nitrogens is 2. The van der Waals surface area contributed by atoms with E-state index in [0.29, 0.717) is 29.3 Å². The summed E-state index contributed by atoms with van der Waals surface area (Å²) in [5.41, 5.74) is 3.19. The molecule has 2 N–H and O–H groups in total. The van der Waals surface area contributed by atoms with Crippen LogP contribution in [-0.4, -0.2) is 34.5 Å². The largest absolute Gasteiger partial charge is 0.326 e. The minimum atomic E-state index is -0.315. The number of nitrogens with zero attached hydrogens (tertiary/aromatic N) is 3. The molecule has 1 aliphatic heterocycles. The summed E-state index contributed by atoms with van der Waals surface area (Å²) in [5, 5.41) is 15.0. The van der Waals surface area contributed by atoms with Crippen LogP contribution in [-0.2, 0) is 16.0 Å². The van der Waals surface area contributed by atoms with Crippen molar-refractivity contribution in [3.63, 3.8) is 0 Å². The smallest absolute Gasteiger partial charge is 0.257 e. The fourth-order valence-electron chi connectivity index (χ4n) is 3.65. The zero-order valence-electron chi connectivity index (χ0n) is 19.4. The van der Waals surface area contributed by atoms with Crippen LogP contribution in [0, 0.1) is 5.92 Å². The van der Waals surface area contributed by atoms with Gasteiger partial charge in [-0.3, -0.25) is 19.7 Å². The molecular weight excluding hydrogens is 450 g/mol. The number of nitrogens with one attached hydrogen (secondary N) is 2. The molecule has 0 spiro atoms. The van der Waals surface area contributed by atoms with E-state index in [0.717, 1.165) is 17.1 Å². The van der Waals surface area contributed by atoms with E-state index < -0.39 is 0 Å². The first kappa shape index (κ1) is 23.6. The SMILES string of the molecule is CCc1ccc(N2C[C@@H](c3nnc(NC(=O)c4ccc(NC(=O)C(C)C)cc4)s3)CC2=O)cc1. The third-order valence-corrected chi connectivity index (χ3v) is 6.73. The van der Waals surface area contributed by atoms with Gasteiger partial charge in [0.25, 0.3) is 5.91 Å². The average molecular weight is 478 g/mol. The number of rotatable bonds is 7. The quantitative estimate of drug-likeness (QED) is 0.523. The van der Waals surface area contributed by atoms with Crippen molar-refractivity contribution in [2.24, 2.45) is 5.92 Å². The van der Waals surface area contributed by atoms with Gasteiger partial charge in [0, 0.05) is 41.7 Å². The van der Waals surface area contributed by atoms with Crippen LogP contribution < -0.4 is 15.5 Å². The van der Waals surface area contributed by atoms with Gasteiger partial charge < -0.3 is 10.2 Å². The zero-order valence-corrected chi connectivity index (χ0v) is 20.2. The summed E-state index contributed by atoms with van der Waals surface area (Å²) in [7, 11) is 0. The molecule has 1 fully saturated rings. The van der Waals surface area contributed by atoms with Crippen molar-refractivity contribution >= 4 is 45.6 Å². The van der Waals surface area contributed by atoms with Gasteiger partial charge in [-0.1, -0.05) is 44.2 Å². The third kappa shape index (κ3) is 5.31. The Bertz CT molecular complexity index is 1190. The second-order valence-electron chi connectivity index (χ2n) is 8.55. The van der Waals surface area contributed by atoms with Crippen molar-refractivity contribution < 1.29 is 14.4 Å². The highest BCUT2D eigenvalue weighted by molar-refractivity contribution is 7.15. The highest BCUT2D eigenvalue weighted by Crippen LogP contribution is 2.34. The zero-order chi connectivity index (χ0) is 24.2. The molecule has 0 radical (unpaired) electrons. The lowest BCUT2D eigenvalue weighted by Crippen LogP contribution is -2.24. The van der Waals surface area contributed by atoms with Crippen molar-refractivity contribution in [1.82, 2.24) is 10.2 Å². The Labute approximate surface area is 202 Å². The summed E-state index contributed by atoms with van der Waals surface area (Å²) in [6.07, 6.45) is 1.32. The second-order valence-corrected chi connectivity index (χ2v) is 9.56. The van der Waals surface area contributed by atoms with E-state index in [-0.39, 0.29) is 29.6 Å². The Hall–Kier alpha value is -3.59. The predicted molar refractivity (Wildman–Crippen MR) is 133 cm³/mol. The summed E-state index contributed by atoms with van der Waals surface area (Å²) in [6.45, 7) is 6.27. The Morgan fingerprint density at radius 3 is 2.41 bits per heavy atom. The summed E-state index contributed by atoms with van der Waals surface area (Å²) in [4.78, 5) is 38.8. The summed E-state index contributed by atoms with van der Waals surface area (Å²) < 4.78 is 0. The molecular formula is C25H27N5O3S. The van der Waals surface area contributed by atoms with Crippen LogP contribution >= 0.6 is 11.3 Å². The van der Waals surface area contributed by atoms with Gasteiger partial charge >= 0.3 is 0 Å². The number of aryl methyl sites for hydroxylation is 1. The van der Waals surface area contributed by atoms with Gasteiger partial charge in [-0.05, 0) is 48.4 Å². The van der Waals surface area contributed by atoms with Crippen LogP contribution in [0.15, 0.2) is 48.5 Å². The van der Waals surface area contributed by atoms with Crippen molar-refractivity contribution in [2.45, 2.75) is 39.5 Å². The van der Waals surface area contributed by atoms with Gasteiger partial charge in [-0.25, -0.2) is 0 Å². The fourth-order valence-corrected chi connectivity index (χ4v) is 4.47. The molecule has 9 heteroatoms. The number of carbonyl (C=O) groups is 3. The van der Waals surface area contributed by atoms with E-state index in [1.54, 1.807) is 29.2 Å². The van der Waals surface area contributed by atoms with E-state index in [1.807, 2.05) is 38.1 Å². The van der Waals surface area contributed by atoms with Gasteiger partial charge in [0.2, 0.25) is 16.9 Å². The van der Waals surface area contributed by atoms with E-state index in [1.165, 1.54) is 16.9 Å². The molecule has 3 amide bonds. The van der Waals surface area contributed by atoms with Gasteiger partial charge in [0.1, 0.15) is 5.01 Å². The van der Waals surface area contributed by atoms with E-state index in [2.05, 4.69) is 27.8 Å². The number of hydrogen-bond donors (Lipinski definition) is 2. The van der Waals surface area contributed by atoms with Crippen molar-refractivity contribution in [3.8, 4) is 0 Å². The van der Waals surface area contributed by atoms with Crippen molar-refractivity contribution in [2.75, 3.05) is 22.1 Å². The molecule has 8 nitrogen and oxygen atoms in total. The fraction of sp³-hybridized carbons (Fsp3) is 0.320. The Morgan fingerprint density at radius 1 is 1.06 bits per heavy atom. The molecule has 1 atom stereocenters. The lowest BCUT2D eigenvalue weighted by molar-refractivity contribution is -0.119. The van der Waals surface area contributed by atoms with E-state index in [4.69, 9.17) is 0 Å². The highest BCUT2D eigenvalue weighted by atomic mass is 32.1. The van der Waals surface area contributed by atoms with Crippen LogP contribution in [0.2, 0.25) is 0 Å². The first-order valence-corrected chi connectivity index (χ1v) is 12.1. The van der Waals surface area contributed by atoms with Gasteiger partial charge in [0.05, 0.1) is 0 Å². The van der Waals surface area contributed by atoms with Crippen molar-refractivity contribution in [3.05, 3.63) is 64.7 Å². The number of carbonyl (C=O) groups excluding carboxylic acids is 3. The highest BCUT2D eigenvalue weighted by Gasteiger charge is 2.34. The lowest BCUT2D eigenvalue weighted by atomic mass is 10.1. The molecule has 2 aromatic carbocycles. The van der Waals surface area contributed by atoms with E-state index >= 15 is 0 Å². The molecule has 0 aliphatic carbocycles. The number of benzene rings is 2. The van der Waals surface area contributed by atoms with Crippen molar-refractivity contribution in [1.29, 1.82) is 0 Å². The molecule has 2 heterocycles. The molecule has 1 aliphatic rings. The minimum absolute atomic E-state index is 0.0553. The predicted octanol–water partition coefficient (Wildman–Crippen LogP) is 4.47. The maximum Gasteiger partial charge on any atom is 0.257 e. The Balaban J connectivity index is 1.37. The number of amides is 3. The Kier molecular flexibility index (Phi) is 7.02. The number of anilines is 3. The average Bonchev–Trinajstić information content (AvgIpc) is 3.46. The summed E-state index contributed by atoms with van der Waals surface area (Å²) in [6, 6.07) is 14.7. The van der Waals surface area contributed by atoms with Crippen LogP contribution in [0.4, 0.5) is 16.5 Å². The third-order valence-electron chi connectivity index (χ3n) is 5.73. The number of hydrogen-bond acceptors (Lipinski definition) is 6. The lowest BCUT2D eigenvalue weighted by Gasteiger charge is -2.16. The normalized spacial score (nSPS) is 15.6. The van der Waals surface area contributed by atoms with E-state index in [9.17, 15) is 14.4 Å². The van der Waals surface area contributed by atoms with Crippen LogP contribution in [0.25, 0.3) is 0 Å². The standard InChI is InChI=1S/C25H27N5O3S/c1-4-16-5-11-20(12-6-16)30-14-18(13-21(30)31)24-28-29-25(34-24)27-23(33)17-7-9-19(10-8-17)26-22(32)15(2)3/h5-12,15,18H,4,13-14H2,1-3H3,(H,26,32)(H,27,29,33)/t18-/m0/s1. The second kappa shape index (κ2) is 10.1. The molecule has 1 saturated heterocycles. The van der Waals surface area contributed by atoms with Crippen LogP contribution in [0.1, 0.15) is 54.0 Å². The maximum atomic E-state index is 12.6. The molecule has 1 aromatic heterocycles.